The second-order valence-corrected chi connectivity index (χ2v) is 8.89. The van der Waals surface area contributed by atoms with Gasteiger partial charge in [0.05, 0.1) is 6.04 Å². The molecule has 0 saturated carbocycles. The Hall–Kier alpha value is -3.61. The van der Waals surface area contributed by atoms with E-state index in [-0.39, 0.29) is 30.3 Å². The summed E-state index contributed by atoms with van der Waals surface area (Å²) in [5.41, 5.74) is 6.19. The predicted octanol–water partition coefficient (Wildman–Crippen LogP) is 4.28. The lowest BCUT2D eigenvalue weighted by molar-refractivity contribution is -0.128. The first kappa shape index (κ1) is 24.5. The molecule has 0 aliphatic carbocycles. The Labute approximate surface area is 210 Å². The number of halogens is 1. The van der Waals surface area contributed by atoms with Crippen LogP contribution in [0.4, 0.5) is 5.69 Å². The van der Waals surface area contributed by atoms with Crippen molar-refractivity contribution in [2.24, 2.45) is 0 Å². The van der Waals surface area contributed by atoms with Crippen molar-refractivity contribution in [1.82, 2.24) is 15.6 Å². The minimum atomic E-state index is -0.716. The topological polar surface area (TPSA) is 86.0 Å². The maximum absolute atomic E-state index is 13.3. The van der Waals surface area contributed by atoms with Crippen LogP contribution in [0.2, 0.25) is 0 Å². The van der Waals surface area contributed by atoms with E-state index in [9.17, 15) is 9.59 Å². The van der Waals surface area contributed by atoms with Gasteiger partial charge >= 0.3 is 0 Å². The Morgan fingerprint density at radius 2 is 1.69 bits per heavy atom. The van der Waals surface area contributed by atoms with Gasteiger partial charge in [-0.25, -0.2) is 0 Å². The summed E-state index contributed by atoms with van der Waals surface area (Å²) in [7, 11) is 0. The quantitative estimate of drug-likeness (QED) is 0.327. The van der Waals surface area contributed by atoms with Gasteiger partial charge in [0.2, 0.25) is 11.8 Å². The van der Waals surface area contributed by atoms with Gasteiger partial charge in [-0.15, -0.1) is 12.4 Å². The molecule has 0 unspecified atom stereocenters. The zero-order valence-corrected chi connectivity index (χ0v) is 20.3. The third-order valence-electron chi connectivity index (χ3n) is 6.45. The Bertz CT molecular complexity index is 1330. The Kier molecular flexibility index (Phi) is 7.54. The molecule has 3 aromatic carbocycles. The summed E-state index contributed by atoms with van der Waals surface area (Å²) in [6.45, 7) is 2.64. The molecule has 180 valence electrons. The van der Waals surface area contributed by atoms with Crippen LogP contribution in [0.5, 0.6) is 0 Å². The number of aromatic amines is 1. The number of carbonyl (C=O) groups excluding carboxylic acids is 2. The average molecular weight is 489 g/mol. The molecule has 7 heteroatoms. The fourth-order valence-electron chi connectivity index (χ4n) is 4.51. The van der Waals surface area contributed by atoms with E-state index >= 15 is 0 Å². The van der Waals surface area contributed by atoms with Gasteiger partial charge in [-0.3, -0.25) is 9.59 Å². The third-order valence-corrected chi connectivity index (χ3v) is 6.45. The van der Waals surface area contributed by atoms with Crippen molar-refractivity contribution < 1.29 is 9.59 Å². The van der Waals surface area contributed by atoms with Crippen LogP contribution in [0.3, 0.4) is 0 Å². The molecule has 6 nitrogen and oxygen atoms in total. The van der Waals surface area contributed by atoms with Gasteiger partial charge in [0.15, 0.2) is 0 Å². The van der Waals surface area contributed by atoms with Gasteiger partial charge in [-0.05, 0) is 48.2 Å². The summed E-state index contributed by atoms with van der Waals surface area (Å²) in [6, 6.07) is 22.7. The van der Waals surface area contributed by atoms with Crippen LogP contribution in [-0.2, 0) is 29.0 Å². The number of hydrogen-bond donors (Lipinski definition) is 4. The Morgan fingerprint density at radius 3 is 2.49 bits per heavy atom. The standard InChI is InChI=1S/C28H28N4O2.ClH/c1-18-10-12-22(13-11-18)31-28(34)26(15-21-17-29-24-9-5-4-8-23(21)24)32-27(33)25-14-19-6-2-3-7-20(19)16-30-25;/h2-13,17,25-26,29-30H,14-16H2,1H3,(H,31,34)(H,32,33);1H/t25-,26-;/m0./s1. The molecule has 5 rings (SSSR count). The number of rotatable bonds is 6. The molecule has 0 fully saturated rings. The van der Waals surface area contributed by atoms with E-state index < -0.39 is 6.04 Å². The van der Waals surface area contributed by atoms with E-state index in [1.165, 1.54) is 11.1 Å². The average Bonchev–Trinajstić information content (AvgIpc) is 3.27. The van der Waals surface area contributed by atoms with Gasteiger partial charge in [-0.1, -0.05) is 60.2 Å². The molecule has 0 saturated heterocycles. The van der Waals surface area contributed by atoms with Crippen molar-refractivity contribution in [3.05, 3.63) is 101 Å². The number of aromatic nitrogens is 1. The van der Waals surface area contributed by atoms with Gasteiger partial charge in [0.25, 0.3) is 0 Å². The molecule has 4 N–H and O–H groups in total. The summed E-state index contributed by atoms with van der Waals surface area (Å²) in [6.07, 6.45) is 2.90. The molecule has 1 aliphatic rings. The third kappa shape index (κ3) is 5.56. The van der Waals surface area contributed by atoms with Gasteiger partial charge in [0.1, 0.15) is 6.04 Å². The summed E-state index contributed by atoms with van der Waals surface area (Å²) >= 11 is 0. The molecule has 35 heavy (non-hydrogen) atoms. The van der Waals surface area contributed by atoms with Crippen LogP contribution in [-0.4, -0.2) is 28.9 Å². The molecule has 0 bridgehead atoms. The van der Waals surface area contributed by atoms with Gasteiger partial charge < -0.3 is 20.9 Å². The Morgan fingerprint density at radius 1 is 0.971 bits per heavy atom. The number of benzene rings is 3. The second kappa shape index (κ2) is 10.8. The Balaban J connectivity index is 0.00000289. The molecular formula is C28H29ClN4O2. The van der Waals surface area contributed by atoms with E-state index in [1.807, 2.05) is 73.8 Å². The molecule has 4 aromatic rings. The first-order chi connectivity index (χ1) is 16.6. The number of anilines is 1. The van der Waals surface area contributed by atoms with E-state index in [0.717, 1.165) is 22.0 Å². The van der Waals surface area contributed by atoms with E-state index in [0.29, 0.717) is 25.1 Å². The first-order valence-electron chi connectivity index (χ1n) is 11.6. The SMILES string of the molecule is Cc1ccc(NC(=O)[C@H](Cc2c[nH]c3ccccc23)NC(=O)[C@@H]2Cc3ccccc3CN2)cc1.Cl. The highest BCUT2D eigenvalue weighted by Gasteiger charge is 2.29. The van der Waals surface area contributed by atoms with Crippen LogP contribution in [0.15, 0.2) is 79.0 Å². The van der Waals surface area contributed by atoms with E-state index in [4.69, 9.17) is 0 Å². The summed E-state index contributed by atoms with van der Waals surface area (Å²) < 4.78 is 0. The number of nitrogens with one attached hydrogen (secondary N) is 4. The second-order valence-electron chi connectivity index (χ2n) is 8.89. The molecule has 1 aromatic heterocycles. The normalized spacial score (nSPS) is 15.5. The largest absolute Gasteiger partial charge is 0.361 e. The predicted molar refractivity (Wildman–Crippen MR) is 142 cm³/mol. The fourth-order valence-corrected chi connectivity index (χ4v) is 4.51. The van der Waals surface area contributed by atoms with Crippen molar-refractivity contribution in [2.75, 3.05) is 5.32 Å². The van der Waals surface area contributed by atoms with E-state index in [1.54, 1.807) is 0 Å². The van der Waals surface area contributed by atoms with Gasteiger partial charge in [0, 0.05) is 35.8 Å². The molecule has 2 atom stereocenters. The van der Waals surface area contributed by atoms with Crippen molar-refractivity contribution in [1.29, 1.82) is 0 Å². The maximum Gasteiger partial charge on any atom is 0.247 e. The summed E-state index contributed by atoms with van der Waals surface area (Å²) in [5, 5.41) is 10.4. The number of aryl methyl sites for hydroxylation is 1. The lowest BCUT2D eigenvalue weighted by Crippen LogP contribution is -2.53. The molecule has 2 heterocycles. The zero-order valence-electron chi connectivity index (χ0n) is 19.5. The van der Waals surface area contributed by atoms with Crippen LogP contribution in [0, 0.1) is 6.92 Å². The van der Waals surface area contributed by atoms with Crippen molar-refractivity contribution in [2.45, 2.75) is 38.4 Å². The number of H-pyrrole nitrogens is 1. The minimum absolute atomic E-state index is 0. The molecule has 2 amide bonds. The smallest absolute Gasteiger partial charge is 0.247 e. The molecule has 1 aliphatic heterocycles. The van der Waals surface area contributed by atoms with Crippen molar-refractivity contribution >= 4 is 40.8 Å². The molecule has 0 spiro atoms. The highest BCUT2D eigenvalue weighted by molar-refractivity contribution is 5.98. The van der Waals surface area contributed by atoms with E-state index in [2.05, 4.69) is 33.1 Å². The van der Waals surface area contributed by atoms with Crippen LogP contribution in [0.1, 0.15) is 22.3 Å². The lowest BCUT2D eigenvalue weighted by atomic mass is 9.95. The van der Waals surface area contributed by atoms with Crippen LogP contribution >= 0.6 is 12.4 Å². The number of hydrogen-bond acceptors (Lipinski definition) is 3. The number of amides is 2. The van der Waals surface area contributed by atoms with Crippen LogP contribution < -0.4 is 16.0 Å². The molecular weight excluding hydrogens is 460 g/mol. The maximum atomic E-state index is 13.3. The summed E-state index contributed by atoms with van der Waals surface area (Å²) in [4.78, 5) is 29.8. The summed E-state index contributed by atoms with van der Waals surface area (Å²) in [5.74, 6) is -0.405. The van der Waals surface area contributed by atoms with Crippen LogP contribution in [0.25, 0.3) is 10.9 Å². The lowest BCUT2D eigenvalue weighted by Gasteiger charge is -2.27. The monoisotopic (exact) mass is 488 g/mol. The minimum Gasteiger partial charge on any atom is -0.361 e. The highest BCUT2D eigenvalue weighted by Crippen LogP contribution is 2.21. The molecule has 0 radical (unpaired) electrons. The first-order valence-corrected chi connectivity index (χ1v) is 11.6. The van der Waals surface area contributed by atoms with Crippen molar-refractivity contribution in [3.63, 3.8) is 0 Å². The number of para-hydroxylation sites is 1. The number of fused-ring (bicyclic) bond motifs is 2. The zero-order chi connectivity index (χ0) is 23.5. The van der Waals surface area contributed by atoms with Gasteiger partial charge in [-0.2, -0.15) is 0 Å². The fraction of sp³-hybridized carbons (Fsp3) is 0.214. The highest BCUT2D eigenvalue weighted by atomic mass is 35.5. The van der Waals surface area contributed by atoms with Crippen molar-refractivity contribution in [3.8, 4) is 0 Å². The number of carbonyl (C=O) groups is 2.